The van der Waals surface area contributed by atoms with Crippen molar-refractivity contribution in [1.29, 1.82) is 5.26 Å². The minimum absolute atomic E-state index is 0.131. The Morgan fingerprint density at radius 3 is 2.50 bits per heavy atom. The molecule has 0 spiro atoms. The Morgan fingerprint density at radius 1 is 1.20 bits per heavy atom. The summed E-state index contributed by atoms with van der Waals surface area (Å²) in [4.78, 5) is 0. The molecule has 4 nitrogen and oxygen atoms in total. The fourth-order valence-electron chi connectivity index (χ4n) is 1.68. The van der Waals surface area contributed by atoms with E-state index >= 15 is 0 Å². The summed E-state index contributed by atoms with van der Waals surface area (Å²) >= 11 is 1.41. The summed E-state index contributed by atoms with van der Waals surface area (Å²) < 4.78 is 5.57. The van der Waals surface area contributed by atoms with E-state index in [1.807, 2.05) is 12.1 Å². The van der Waals surface area contributed by atoms with Crippen LogP contribution < -0.4 is 0 Å². The van der Waals surface area contributed by atoms with Crippen LogP contribution in [0.5, 0.6) is 0 Å². The average molecular weight is 287 g/mol. The minimum Gasteiger partial charge on any atom is -0.411 e. The predicted octanol–water partition coefficient (Wildman–Crippen LogP) is 4.04. The van der Waals surface area contributed by atoms with E-state index in [4.69, 9.17) is 9.68 Å². The van der Waals surface area contributed by atoms with Gasteiger partial charge in [0.05, 0.1) is 6.07 Å². The summed E-state index contributed by atoms with van der Waals surface area (Å²) in [5.74, 6) is 1.19. The molecule has 0 bridgehead atoms. The zero-order valence-corrected chi connectivity index (χ0v) is 12.7. The molecule has 0 aliphatic heterocycles. The van der Waals surface area contributed by atoms with Crippen LogP contribution in [0.25, 0.3) is 11.5 Å². The predicted molar refractivity (Wildman–Crippen MR) is 79.4 cm³/mol. The molecule has 0 amide bonds. The molecule has 20 heavy (non-hydrogen) atoms. The second-order valence-corrected chi connectivity index (χ2v) is 6.50. The summed E-state index contributed by atoms with van der Waals surface area (Å²) in [6, 6.07) is 10.3. The van der Waals surface area contributed by atoms with Gasteiger partial charge in [0.25, 0.3) is 5.22 Å². The molecule has 0 fully saturated rings. The van der Waals surface area contributed by atoms with E-state index in [1.54, 1.807) is 0 Å². The zero-order valence-electron chi connectivity index (χ0n) is 11.9. The number of hydrogen-bond acceptors (Lipinski definition) is 5. The first-order valence-electron chi connectivity index (χ1n) is 6.45. The number of benzene rings is 1. The Morgan fingerprint density at radius 2 is 1.90 bits per heavy atom. The van der Waals surface area contributed by atoms with Gasteiger partial charge >= 0.3 is 0 Å². The molecular formula is C15H17N3OS. The molecule has 2 rings (SSSR count). The van der Waals surface area contributed by atoms with Crippen LogP contribution >= 0.6 is 11.8 Å². The number of hydrogen-bond donors (Lipinski definition) is 0. The van der Waals surface area contributed by atoms with E-state index in [0.717, 1.165) is 5.56 Å². The van der Waals surface area contributed by atoms with Gasteiger partial charge in [-0.05, 0) is 23.1 Å². The van der Waals surface area contributed by atoms with Crippen molar-refractivity contribution < 1.29 is 4.42 Å². The van der Waals surface area contributed by atoms with Crippen molar-refractivity contribution >= 4 is 11.8 Å². The van der Waals surface area contributed by atoms with Crippen molar-refractivity contribution in [1.82, 2.24) is 10.2 Å². The van der Waals surface area contributed by atoms with E-state index in [2.05, 4.69) is 49.2 Å². The Labute approximate surface area is 123 Å². The Bertz CT molecular complexity index is 605. The minimum atomic E-state index is 0.131. The number of nitrogens with zero attached hydrogens (tertiary/aromatic N) is 3. The van der Waals surface area contributed by atoms with Gasteiger partial charge in [-0.15, -0.1) is 10.2 Å². The molecule has 1 aromatic heterocycles. The van der Waals surface area contributed by atoms with E-state index in [1.165, 1.54) is 17.3 Å². The molecule has 0 radical (unpaired) electrons. The average Bonchev–Trinajstić information content (AvgIpc) is 2.87. The van der Waals surface area contributed by atoms with Gasteiger partial charge in [0.2, 0.25) is 5.89 Å². The monoisotopic (exact) mass is 287 g/mol. The van der Waals surface area contributed by atoms with E-state index < -0.39 is 0 Å². The van der Waals surface area contributed by atoms with E-state index in [9.17, 15) is 0 Å². The first-order valence-corrected chi connectivity index (χ1v) is 7.43. The van der Waals surface area contributed by atoms with Crippen molar-refractivity contribution in [3.05, 3.63) is 29.8 Å². The molecular weight excluding hydrogens is 270 g/mol. The summed E-state index contributed by atoms with van der Waals surface area (Å²) in [5.41, 5.74) is 2.31. The SMILES string of the molecule is CC(C)(C)c1ccc(-c2nnc(SCCC#N)o2)cc1. The number of aromatic nitrogens is 2. The molecule has 0 aliphatic carbocycles. The fourth-order valence-corrected chi connectivity index (χ4v) is 2.29. The van der Waals surface area contributed by atoms with Gasteiger partial charge in [0.15, 0.2) is 0 Å². The first-order chi connectivity index (χ1) is 9.50. The van der Waals surface area contributed by atoms with Gasteiger partial charge in [0, 0.05) is 17.7 Å². The second-order valence-electron chi connectivity index (χ2n) is 5.46. The Balaban J connectivity index is 2.10. The zero-order chi connectivity index (χ0) is 14.6. The number of rotatable bonds is 4. The van der Waals surface area contributed by atoms with Crippen LogP contribution in [-0.2, 0) is 5.41 Å². The topological polar surface area (TPSA) is 62.7 Å². The summed E-state index contributed by atoms with van der Waals surface area (Å²) in [7, 11) is 0. The second kappa shape index (κ2) is 6.10. The smallest absolute Gasteiger partial charge is 0.276 e. The third kappa shape index (κ3) is 3.61. The molecule has 104 valence electrons. The molecule has 0 saturated heterocycles. The van der Waals surface area contributed by atoms with Crippen LogP contribution in [0.2, 0.25) is 0 Å². The van der Waals surface area contributed by atoms with Crippen molar-refractivity contribution in [2.45, 2.75) is 37.8 Å². The number of nitriles is 1. The third-order valence-corrected chi connectivity index (χ3v) is 3.66. The van der Waals surface area contributed by atoms with E-state index in [0.29, 0.717) is 23.3 Å². The van der Waals surface area contributed by atoms with Gasteiger partial charge in [0.1, 0.15) is 0 Å². The van der Waals surface area contributed by atoms with Gasteiger partial charge < -0.3 is 4.42 Å². The van der Waals surface area contributed by atoms with Gasteiger partial charge in [-0.1, -0.05) is 44.7 Å². The molecule has 0 saturated carbocycles. The number of thioether (sulfide) groups is 1. The molecule has 0 unspecified atom stereocenters. The van der Waals surface area contributed by atoms with Crippen LogP contribution in [0.15, 0.2) is 33.9 Å². The largest absolute Gasteiger partial charge is 0.411 e. The molecule has 0 N–H and O–H groups in total. The molecule has 1 aromatic carbocycles. The molecule has 5 heteroatoms. The van der Waals surface area contributed by atoms with Crippen LogP contribution in [-0.4, -0.2) is 16.0 Å². The highest BCUT2D eigenvalue weighted by atomic mass is 32.2. The normalized spacial score (nSPS) is 11.3. The first kappa shape index (κ1) is 14.6. The lowest BCUT2D eigenvalue weighted by molar-refractivity contribution is 0.466. The third-order valence-electron chi connectivity index (χ3n) is 2.84. The highest BCUT2D eigenvalue weighted by Gasteiger charge is 2.14. The molecule has 0 aliphatic rings. The van der Waals surface area contributed by atoms with Crippen LogP contribution in [0.4, 0.5) is 0 Å². The Hall–Kier alpha value is -1.80. The quantitative estimate of drug-likeness (QED) is 0.627. The van der Waals surface area contributed by atoms with E-state index in [-0.39, 0.29) is 5.41 Å². The van der Waals surface area contributed by atoms with Crippen LogP contribution in [0.1, 0.15) is 32.8 Å². The maximum Gasteiger partial charge on any atom is 0.276 e. The van der Waals surface area contributed by atoms with Gasteiger partial charge in [-0.2, -0.15) is 5.26 Å². The van der Waals surface area contributed by atoms with Crippen molar-refractivity contribution in [2.75, 3.05) is 5.75 Å². The van der Waals surface area contributed by atoms with Crippen LogP contribution in [0.3, 0.4) is 0 Å². The fraction of sp³-hybridized carbons (Fsp3) is 0.400. The maximum absolute atomic E-state index is 8.49. The standard InChI is InChI=1S/C15H17N3OS/c1-15(2,3)12-7-5-11(6-8-12)13-17-18-14(19-13)20-10-4-9-16/h5-8H,4,10H2,1-3H3. The molecule has 2 aromatic rings. The lowest BCUT2D eigenvalue weighted by Gasteiger charge is -2.18. The lowest BCUT2D eigenvalue weighted by Crippen LogP contribution is -2.10. The van der Waals surface area contributed by atoms with Crippen molar-refractivity contribution in [3.8, 4) is 17.5 Å². The van der Waals surface area contributed by atoms with Crippen molar-refractivity contribution in [3.63, 3.8) is 0 Å². The highest BCUT2D eigenvalue weighted by Crippen LogP contribution is 2.27. The highest BCUT2D eigenvalue weighted by molar-refractivity contribution is 7.99. The van der Waals surface area contributed by atoms with Crippen molar-refractivity contribution in [2.24, 2.45) is 0 Å². The lowest BCUT2D eigenvalue weighted by atomic mass is 9.87. The maximum atomic E-state index is 8.49. The Kier molecular flexibility index (Phi) is 4.46. The summed E-state index contributed by atoms with van der Waals surface area (Å²) in [6.45, 7) is 6.54. The molecule has 0 atom stereocenters. The summed E-state index contributed by atoms with van der Waals surface area (Å²) in [5, 5.41) is 17.0. The van der Waals surface area contributed by atoms with Crippen LogP contribution in [0, 0.1) is 11.3 Å². The summed E-state index contributed by atoms with van der Waals surface area (Å²) in [6.07, 6.45) is 0.475. The molecule has 1 heterocycles. The van der Waals surface area contributed by atoms with Gasteiger partial charge in [-0.3, -0.25) is 0 Å². The van der Waals surface area contributed by atoms with Gasteiger partial charge in [-0.25, -0.2) is 0 Å².